The molecule has 1 aromatic carbocycles. The zero-order valence-electron chi connectivity index (χ0n) is 12.3. The molecule has 2 rings (SSSR count). The second-order valence-electron chi connectivity index (χ2n) is 4.54. The number of nitrogens with zero attached hydrogens (tertiary/aromatic N) is 2. The summed E-state index contributed by atoms with van der Waals surface area (Å²) in [6, 6.07) is 6.03. The molecule has 1 aromatic heterocycles. The number of hydrogen-bond donors (Lipinski definition) is 1. The van der Waals surface area contributed by atoms with Crippen molar-refractivity contribution >= 4 is 28.1 Å². The molecule has 2 aromatic rings. The molecule has 1 N–H and O–H groups in total. The number of hydrogen-bond acceptors (Lipinski definition) is 4. The van der Waals surface area contributed by atoms with Crippen LogP contribution < -0.4 is 5.32 Å². The van der Waals surface area contributed by atoms with Crippen LogP contribution in [0.25, 0.3) is 0 Å². The summed E-state index contributed by atoms with van der Waals surface area (Å²) < 4.78 is 12.9. The summed E-state index contributed by atoms with van der Waals surface area (Å²) >= 11 is 1.32. The van der Waals surface area contributed by atoms with Gasteiger partial charge < -0.3 is 10.2 Å². The van der Waals surface area contributed by atoms with E-state index in [1.807, 2.05) is 20.8 Å². The van der Waals surface area contributed by atoms with Crippen LogP contribution in [0.5, 0.6) is 0 Å². The molecule has 0 atom stereocenters. The molecule has 0 aliphatic carbocycles. The van der Waals surface area contributed by atoms with Gasteiger partial charge in [-0.1, -0.05) is 11.3 Å². The van der Waals surface area contributed by atoms with Gasteiger partial charge in [0.15, 0.2) is 5.13 Å². The lowest BCUT2D eigenvalue weighted by atomic mass is 10.3. The Labute approximate surface area is 127 Å². The first-order valence-corrected chi connectivity index (χ1v) is 7.66. The van der Waals surface area contributed by atoms with E-state index in [1.54, 1.807) is 17.0 Å². The van der Waals surface area contributed by atoms with Gasteiger partial charge in [0, 0.05) is 18.8 Å². The smallest absolute Gasteiger partial charge is 0.265 e. The van der Waals surface area contributed by atoms with E-state index in [4.69, 9.17) is 0 Å². The van der Waals surface area contributed by atoms with Gasteiger partial charge in [0.05, 0.1) is 5.69 Å². The summed E-state index contributed by atoms with van der Waals surface area (Å²) in [5.41, 5.74) is 1.45. The van der Waals surface area contributed by atoms with Crippen molar-refractivity contribution in [2.75, 3.05) is 18.4 Å². The first-order valence-electron chi connectivity index (χ1n) is 6.84. The fourth-order valence-electron chi connectivity index (χ4n) is 1.96. The van der Waals surface area contributed by atoms with Gasteiger partial charge in [-0.15, -0.1) is 0 Å². The van der Waals surface area contributed by atoms with Crippen molar-refractivity contribution < 1.29 is 9.18 Å². The minimum atomic E-state index is -0.284. The van der Waals surface area contributed by atoms with Crippen LogP contribution in [0.3, 0.4) is 0 Å². The highest BCUT2D eigenvalue weighted by Crippen LogP contribution is 2.27. The molecule has 0 unspecified atom stereocenters. The molecule has 0 saturated carbocycles. The number of benzene rings is 1. The SMILES string of the molecule is CCN(CC)C(=O)c1sc(Nc2ccc(F)cc2)nc1C. The molecule has 0 spiro atoms. The van der Waals surface area contributed by atoms with E-state index in [0.717, 1.165) is 5.69 Å². The number of thiazole rings is 1. The Morgan fingerprint density at radius 3 is 2.48 bits per heavy atom. The van der Waals surface area contributed by atoms with Crippen molar-refractivity contribution in [2.24, 2.45) is 0 Å². The zero-order chi connectivity index (χ0) is 15.4. The number of halogens is 1. The Morgan fingerprint density at radius 2 is 1.90 bits per heavy atom. The summed E-state index contributed by atoms with van der Waals surface area (Å²) in [6.07, 6.45) is 0. The monoisotopic (exact) mass is 307 g/mol. The molecule has 0 bridgehead atoms. The maximum absolute atomic E-state index is 12.9. The number of aromatic nitrogens is 1. The van der Waals surface area contributed by atoms with Gasteiger partial charge in [0.1, 0.15) is 10.7 Å². The van der Waals surface area contributed by atoms with Crippen molar-refractivity contribution in [2.45, 2.75) is 20.8 Å². The highest BCUT2D eigenvalue weighted by Gasteiger charge is 2.19. The molecule has 0 saturated heterocycles. The fraction of sp³-hybridized carbons (Fsp3) is 0.333. The fourth-order valence-corrected chi connectivity index (χ4v) is 2.91. The molecular formula is C15H18FN3OS. The highest BCUT2D eigenvalue weighted by atomic mass is 32.1. The molecule has 6 heteroatoms. The van der Waals surface area contributed by atoms with Crippen molar-refractivity contribution in [1.82, 2.24) is 9.88 Å². The van der Waals surface area contributed by atoms with E-state index < -0.39 is 0 Å². The van der Waals surface area contributed by atoms with Crippen LogP contribution in [0.15, 0.2) is 24.3 Å². The Balaban J connectivity index is 2.19. The van der Waals surface area contributed by atoms with E-state index >= 15 is 0 Å². The topological polar surface area (TPSA) is 45.2 Å². The number of carbonyl (C=O) groups is 1. The zero-order valence-corrected chi connectivity index (χ0v) is 13.1. The third kappa shape index (κ3) is 3.58. The van der Waals surface area contributed by atoms with Gasteiger partial charge in [-0.25, -0.2) is 9.37 Å². The standard InChI is InChI=1S/C15H18FN3OS/c1-4-19(5-2)14(20)13-10(3)17-15(21-13)18-12-8-6-11(16)7-9-12/h6-9H,4-5H2,1-3H3,(H,17,18). The minimum absolute atomic E-state index is 0.00200. The number of amides is 1. The normalized spacial score (nSPS) is 10.5. The molecule has 21 heavy (non-hydrogen) atoms. The van der Waals surface area contributed by atoms with E-state index in [0.29, 0.717) is 28.8 Å². The van der Waals surface area contributed by atoms with Crippen LogP contribution in [0.2, 0.25) is 0 Å². The van der Waals surface area contributed by atoms with Gasteiger partial charge in [0.2, 0.25) is 0 Å². The number of carbonyl (C=O) groups excluding carboxylic acids is 1. The van der Waals surface area contributed by atoms with Crippen LogP contribution >= 0.6 is 11.3 Å². The maximum atomic E-state index is 12.9. The van der Waals surface area contributed by atoms with E-state index in [1.165, 1.54) is 23.5 Å². The molecule has 0 aliphatic rings. The van der Waals surface area contributed by atoms with Crippen LogP contribution in [0.4, 0.5) is 15.2 Å². The molecule has 0 fully saturated rings. The Hall–Kier alpha value is -1.95. The van der Waals surface area contributed by atoms with Crippen molar-refractivity contribution in [3.05, 3.63) is 40.7 Å². The first-order chi connectivity index (χ1) is 10.0. The van der Waals surface area contributed by atoms with E-state index in [-0.39, 0.29) is 11.7 Å². The van der Waals surface area contributed by atoms with Gasteiger partial charge in [0.25, 0.3) is 5.91 Å². The van der Waals surface area contributed by atoms with Crippen molar-refractivity contribution in [3.8, 4) is 0 Å². The number of aryl methyl sites for hydroxylation is 1. The van der Waals surface area contributed by atoms with Gasteiger partial charge in [-0.05, 0) is 45.0 Å². The second-order valence-corrected chi connectivity index (χ2v) is 5.54. The molecule has 0 radical (unpaired) electrons. The molecule has 1 heterocycles. The summed E-state index contributed by atoms with van der Waals surface area (Å²) in [5.74, 6) is -0.282. The van der Waals surface area contributed by atoms with Crippen molar-refractivity contribution in [1.29, 1.82) is 0 Å². The minimum Gasteiger partial charge on any atom is -0.338 e. The highest BCUT2D eigenvalue weighted by molar-refractivity contribution is 7.17. The van der Waals surface area contributed by atoms with Gasteiger partial charge in [-0.2, -0.15) is 0 Å². The quantitative estimate of drug-likeness (QED) is 0.913. The summed E-state index contributed by atoms with van der Waals surface area (Å²) in [4.78, 5) is 19.1. The summed E-state index contributed by atoms with van der Waals surface area (Å²) in [7, 11) is 0. The first kappa shape index (κ1) is 15.4. The Kier molecular flexibility index (Phi) is 4.90. The van der Waals surface area contributed by atoms with Gasteiger partial charge >= 0.3 is 0 Å². The number of rotatable bonds is 5. The lowest BCUT2D eigenvalue weighted by Crippen LogP contribution is -2.30. The average molecular weight is 307 g/mol. The maximum Gasteiger partial charge on any atom is 0.265 e. The molecule has 0 aliphatic heterocycles. The Bertz CT molecular complexity index is 620. The third-order valence-electron chi connectivity index (χ3n) is 3.14. The van der Waals surface area contributed by atoms with Crippen LogP contribution in [0.1, 0.15) is 29.2 Å². The molecular weight excluding hydrogens is 289 g/mol. The van der Waals surface area contributed by atoms with E-state index in [9.17, 15) is 9.18 Å². The molecule has 4 nitrogen and oxygen atoms in total. The predicted molar refractivity (Wildman–Crippen MR) is 83.8 cm³/mol. The van der Waals surface area contributed by atoms with Crippen molar-refractivity contribution in [3.63, 3.8) is 0 Å². The van der Waals surface area contributed by atoms with E-state index in [2.05, 4.69) is 10.3 Å². The second kappa shape index (κ2) is 6.67. The number of nitrogens with one attached hydrogen (secondary N) is 1. The number of anilines is 2. The predicted octanol–water partition coefficient (Wildman–Crippen LogP) is 3.82. The molecule has 112 valence electrons. The van der Waals surface area contributed by atoms with Gasteiger partial charge in [-0.3, -0.25) is 4.79 Å². The average Bonchev–Trinajstić information content (AvgIpc) is 2.83. The van der Waals surface area contributed by atoms with Crippen LogP contribution in [-0.4, -0.2) is 28.9 Å². The summed E-state index contributed by atoms with van der Waals surface area (Å²) in [5, 5.41) is 3.73. The lowest BCUT2D eigenvalue weighted by molar-refractivity contribution is 0.0777. The van der Waals surface area contributed by atoms with Crippen LogP contribution in [0, 0.1) is 12.7 Å². The third-order valence-corrected chi connectivity index (χ3v) is 4.20. The Morgan fingerprint density at radius 1 is 1.29 bits per heavy atom. The van der Waals surface area contributed by atoms with Crippen LogP contribution in [-0.2, 0) is 0 Å². The largest absolute Gasteiger partial charge is 0.338 e. The summed E-state index contributed by atoms with van der Waals surface area (Å²) in [6.45, 7) is 7.08. The lowest BCUT2D eigenvalue weighted by Gasteiger charge is -2.17. The molecule has 1 amide bonds.